The Morgan fingerprint density at radius 2 is 2.00 bits per heavy atom. The Hall–Kier alpha value is -1.68. The number of fused-ring (bicyclic) bond motifs is 1. The van der Waals surface area contributed by atoms with Crippen LogP contribution in [0.25, 0.3) is 6.08 Å². The van der Waals surface area contributed by atoms with Crippen molar-refractivity contribution in [2.75, 3.05) is 0 Å². The lowest BCUT2D eigenvalue weighted by molar-refractivity contribution is -0.154. The molecule has 0 bridgehead atoms. The van der Waals surface area contributed by atoms with Gasteiger partial charge < -0.3 is 19.7 Å². The summed E-state index contributed by atoms with van der Waals surface area (Å²) in [6, 6.07) is 0. The fourth-order valence-corrected chi connectivity index (χ4v) is 6.03. The van der Waals surface area contributed by atoms with Gasteiger partial charge in [0.2, 0.25) is 0 Å². The summed E-state index contributed by atoms with van der Waals surface area (Å²) in [5.74, 6) is -1.68. The van der Waals surface area contributed by atoms with Crippen LogP contribution in [0.2, 0.25) is 0 Å². The Labute approximate surface area is 223 Å². The number of ketones is 1. The number of carbonyl (C=O) groups is 2. The first-order chi connectivity index (χ1) is 17.3. The maximum absolute atomic E-state index is 13.3. The van der Waals surface area contributed by atoms with Gasteiger partial charge in [-0.05, 0) is 43.8 Å². The monoisotopic (exact) mass is 539 g/mol. The van der Waals surface area contributed by atoms with Crippen molar-refractivity contribution in [3.63, 3.8) is 0 Å². The van der Waals surface area contributed by atoms with Crippen molar-refractivity contribution in [1.29, 1.82) is 0 Å². The summed E-state index contributed by atoms with van der Waals surface area (Å²) in [5.41, 5.74) is -0.194. The fraction of sp³-hybridized carbons (Fsp3) is 0.750. The van der Waals surface area contributed by atoms with Gasteiger partial charge in [-0.3, -0.25) is 9.59 Å². The van der Waals surface area contributed by atoms with Gasteiger partial charge in [-0.25, -0.2) is 9.37 Å². The van der Waals surface area contributed by atoms with Crippen LogP contribution in [-0.2, 0) is 25.7 Å². The quantitative estimate of drug-likeness (QED) is 0.408. The highest BCUT2D eigenvalue weighted by molar-refractivity contribution is 7.09. The highest BCUT2D eigenvalue weighted by Crippen LogP contribution is 2.47. The van der Waals surface area contributed by atoms with Crippen LogP contribution < -0.4 is 0 Å². The van der Waals surface area contributed by atoms with Gasteiger partial charge in [-0.15, -0.1) is 11.3 Å². The number of aliphatic hydroxyl groups is 2. The summed E-state index contributed by atoms with van der Waals surface area (Å²) in [5, 5.41) is 23.9. The van der Waals surface area contributed by atoms with E-state index in [4.69, 9.17) is 9.47 Å². The van der Waals surface area contributed by atoms with Crippen LogP contribution in [-0.4, -0.2) is 57.0 Å². The number of carbonyl (C=O) groups excluding carboxylic acids is 2. The number of alkyl halides is 1. The number of epoxide rings is 1. The van der Waals surface area contributed by atoms with Gasteiger partial charge >= 0.3 is 5.97 Å². The lowest BCUT2D eigenvalue weighted by Crippen LogP contribution is -2.45. The van der Waals surface area contributed by atoms with Crippen LogP contribution in [0.4, 0.5) is 4.39 Å². The molecule has 0 unspecified atom stereocenters. The van der Waals surface area contributed by atoms with Crippen LogP contribution in [0, 0.1) is 17.3 Å². The standard InChI is InChI=1S/C28H42FNO6S/c1-7-28-10-8-9-16(2)25(33)18(4)26(34)27(5,6)21(31)13-24(32)35-20(12-22(28)36-28)17(3)11-19-15-37-23(14-29)30-19/h11,15-16,18,20-22,25,31,33H,7-10,12-14H2,1-6H3/b17-11+/t16-,18+,20-,21-,22-,25-,28+/m0/s1. The molecule has 208 valence electrons. The van der Waals surface area contributed by atoms with Crippen molar-refractivity contribution in [2.24, 2.45) is 17.3 Å². The molecule has 2 saturated heterocycles. The number of thiazole rings is 1. The second-order valence-corrected chi connectivity index (χ2v) is 12.3. The maximum Gasteiger partial charge on any atom is 0.309 e. The number of esters is 1. The van der Waals surface area contributed by atoms with Crippen LogP contribution >= 0.6 is 11.3 Å². The number of hydrogen-bond acceptors (Lipinski definition) is 8. The van der Waals surface area contributed by atoms with Crippen LogP contribution in [0.1, 0.15) is 90.8 Å². The van der Waals surface area contributed by atoms with Gasteiger partial charge in [0.15, 0.2) is 0 Å². The highest BCUT2D eigenvalue weighted by Gasteiger charge is 2.55. The third-order valence-electron chi connectivity index (χ3n) is 8.37. The smallest absolute Gasteiger partial charge is 0.309 e. The number of nitrogens with zero attached hydrogens (tertiary/aromatic N) is 1. The first-order valence-corrected chi connectivity index (χ1v) is 14.2. The Morgan fingerprint density at radius 1 is 1.30 bits per heavy atom. The van der Waals surface area contributed by atoms with E-state index in [0.29, 0.717) is 17.1 Å². The molecule has 0 radical (unpaired) electrons. The molecule has 2 aliphatic rings. The summed E-state index contributed by atoms with van der Waals surface area (Å²) < 4.78 is 25.0. The fourth-order valence-electron chi connectivity index (χ4n) is 5.43. The molecule has 0 amide bonds. The van der Waals surface area contributed by atoms with Crippen LogP contribution in [0.15, 0.2) is 11.0 Å². The first-order valence-electron chi connectivity index (χ1n) is 13.3. The van der Waals surface area contributed by atoms with E-state index in [1.54, 1.807) is 32.2 Å². The molecule has 0 spiro atoms. The molecule has 37 heavy (non-hydrogen) atoms. The Morgan fingerprint density at radius 3 is 2.62 bits per heavy atom. The molecule has 1 aromatic heterocycles. The molecule has 7 atom stereocenters. The average molecular weight is 540 g/mol. The minimum atomic E-state index is -1.27. The van der Waals surface area contributed by atoms with Gasteiger partial charge in [0.1, 0.15) is 23.6 Å². The molecule has 1 aromatic rings. The summed E-state index contributed by atoms with van der Waals surface area (Å²) in [6.45, 7) is 10.1. The maximum atomic E-state index is 13.3. The average Bonchev–Trinajstić information content (AvgIpc) is 3.34. The van der Waals surface area contributed by atoms with E-state index in [1.807, 2.05) is 13.8 Å². The molecule has 0 aliphatic carbocycles. The van der Waals surface area contributed by atoms with Gasteiger partial charge in [-0.2, -0.15) is 0 Å². The van der Waals surface area contributed by atoms with Crippen molar-refractivity contribution < 1.29 is 33.7 Å². The van der Waals surface area contributed by atoms with E-state index in [2.05, 4.69) is 11.9 Å². The van der Waals surface area contributed by atoms with E-state index in [9.17, 15) is 24.2 Å². The van der Waals surface area contributed by atoms with Crippen molar-refractivity contribution in [3.05, 3.63) is 21.7 Å². The summed E-state index contributed by atoms with van der Waals surface area (Å²) in [6.07, 6.45) is 2.28. The highest BCUT2D eigenvalue weighted by atomic mass is 32.1. The van der Waals surface area contributed by atoms with Crippen LogP contribution in [0.3, 0.4) is 0 Å². The van der Waals surface area contributed by atoms with Crippen LogP contribution in [0.5, 0.6) is 0 Å². The number of rotatable bonds is 4. The molecule has 2 N–H and O–H groups in total. The molecule has 0 aromatic carbocycles. The Kier molecular flexibility index (Phi) is 9.70. The zero-order valence-corrected chi connectivity index (χ0v) is 23.6. The number of aliphatic hydroxyl groups excluding tert-OH is 2. The third-order valence-corrected chi connectivity index (χ3v) is 9.20. The van der Waals surface area contributed by atoms with Crippen molar-refractivity contribution in [3.8, 4) is 0 Å². The molecule has 2 aliphatic heterocycles. The van der Waals surface area contributed by atoms with Crippen molar-refractivity contribution >= 4 is 29.2 Å². The molecule has 3 rings (SSSR count). The van der Waals surface area contributed by atoms with Gasteiger partial charge in [0, 0.05) is 17.7 Å². The summed E-state index contributed by atoms with van der Waals surface area (Å²) >= 11 is 1.23. The zero-order valence-electron chi connectivity index (χ0n) is 22.8. The number of hydrogen-bond donors (Lipinski definition) is 2. The van der Waals surface area contributed by atoms with E-state index in [0.717, 1.165) is 31.3 Å². The van der Waals surface area contributed by atoms with Gasteiger partial charge in [0.25, 0.3) is 0 Å². The Balaban J connectivity index is 1.88. The molecular weight excluding hydrogens is 497 g/mol. The van der Waals surface area contributed by atoms with E-state index in [-0.39, 0.29) is 29.8 Å². The van der Waals surface area contributed by atoms with Crippen molar-refractivity contribution in [2.45, 2.75) is 117 Å². The first kappa shape index (κ1) is 29.9. The minimum Gasteiger partial charge on any atom is -0.458 e. The van der Waals surface area contributed by atoms with E-state index in [1.165, 1.54) is 11.3 Å². The number of cyclic esters (lactones) is 1. The third kappa shape index (κ3) is 6.85. The Bertz CT molecular complexity index is 993. The lowest BCUT2D eigenvalue weighted by Gasteiger charge is -2.34. The normalized spacial score (nSPS) is 36.1. The summed E-state index contributed by atoms with van der Waals surface area (Å²) in [4.78, 5) is 30.5. The number of halogens is 1. The molecular formula is C28H42FNO6S. The predicted molar refractivity (Wildman–Crippen MR) is 141 cm³/mol. The number of Topliss-reactive ketones (excluding diaryl/α,β-unsaturated/α-hetero) is 1. The SMILES string of the molecule is CC[C@@]12CCC[C@H](C)[C@H](O)[C@@H](C)C(=O)C(C)(C)[C@@H](O)CC(=O)O[C@H](/C(C)=C/c3csc(CF)n3)C[C@@H]1O2. The second kappa shape index (κ2) is 12.0. The van der Waals surface area contributed by atoms with E-state index >= 15 is 0 Å². The zero-order chi connectivity index (χ0) is 27.5. The number of aromatic nitrogens is 1. The molecule has 2 fully saturated rings. The summed E-state index contributed by atoms with van der Waals surface area (Å²) in [7, 11) is 0. The largest absolute Gasteiger partial charge is 0.458 e. The van der Waals surface area contributed by atoms with Gasteiger partial charge in [0.05, 0.1) is 41.4 Å². The topological polar surface area (TPSA) is 109 Å². The second-order valence-electron chi connectivity index (χ2n) is 11.4. The number of ether oxygens (including phenoxy) is 2. The molecule has 0 saturated carbocycles. The van der Waals surface area contributed by atoms with Crippen molar-refractivity contribution in [1.82, 2.24) is 4.98 Å². The van der Waals surface area contributed by atoms with E-state index < -0.39 is 42.3 Å². The van der Waals surface area contributed by atoms with Gasteiger partial charge in [-0.1, -0.05) is 41.0 Å². The lowest BCUT2D eigenvalue weighted by atomic mass is 9.73. The predicted octanol–water partition coefficient (Wildman–Crippen LogP) is 5.03. The molecule has 3 heterocycles. The molecule has 7 nitrogen and oxygen atoms in total. The molecule has 9 heteroatoms. The minimum absolute atomic E-state index is 0.0921.